The molecule has 2 heterocycles. The first-order valence-electron chi connectivity index (χ1n) is 9.75. The van der Waals surface area contributed by atoms with Gasteiger partial charge >= 0.3 is 6.18 Å². The number of aromatic nitrogens is 2. The minimum absolute atomic E-state index is 0.0774. The van der Waals surface area contributed by atoms with Crippen molar-refractivity contribution in [2.24, 2.45) is 24.8 Å². The first-order chi connectivity index (χ1) is 13.2. The van der Waals surface area contributed by atoms with E-state index in [9.17, 15) is 18.0 Å². The van der Waals surface area contributed by atoms with Crippen LogP contribution < -0.4 is 5.32 Å². The second kappa shape index (κ2) is 6.08. The topological polar surface area (TPSA) is 46.9 Å². The van der Waals surface area contributed by atoms with Gasteiger partial charge in [-0.15, -0.1) is 11.3 Å². The fourth-order valence-electron chi connectivity index (χ4n) is 6.00. The highest BCUT2D eigenvalue weighted by atomic mass is 32.1. The van der Waals surface area contributed by atoms with Gasteiger partial charge in [-0.3, -0.25) is 9.48 Å². The van der Waals surface area contributed by atoms with Crippen LogP contribution in [0.3, 0.4) is 0 Å². The van der Waals surface area contributed by atoms with Crippen LogP contribution in [0.25, 0.3) is 10.6 Å². The molecule has 4 saturated carbocycles. The Labute approximate surface area is 165 Å². The summed E-state index contributed by atoms with van der Waals surface area (Å²) in [5.41, 5.74) is -0.629. The Balaban J connectivity index is 1.35. The van der Waals surface area contributed by atoms with E-state index in [2.05, 4.69) is 10.4 Å². The van der Waals surface area contributed by atoms with Crippen LogP contribution in [0.1, 0.15) is 53.9 Å². The third-order valence-corrected chi connectivity index (χ3v) is 7.78. The average Bonchev–Trinajstić information content (AvgIpc) is 3.19. The molecule has 2 aromatic heterocycles. The molecule has 0 radical (unpaired) electrons. The normalized spacial score (nSPS) is 31.4. The summed E-state index contributed by atoms with van der Waals surface area (Å²) in [6.07, 6.45) is 2.64. The van der Waals surface area contributed by atoms with Gasteiger partial charge in [0, 0.05) is 12.6 Å². The van der Waals surface area contributed by atoms with E-state index < -0.39 is 11.9 Å². The summed E-state index contributed by atoms with van der Waals surface area (Å²) >= 11 is 1.22. The molecule has 1 N–H and O–H groups in total. The lowest BCUT2D eigenvalue weighted by atomic mass is 9.53. The van der Waals surface area contributed by atoms with Crippen molar-refractivity contribution in [2.75, 3.05) is 0 Å². The van der Waals surface area contributed by atoms with E-state index in [4.69, 9.17) is 0 Å². The van der Waals surface area contributed by atoms with Gasteiger partial charge in [-0.05, 0) is 74.5 Å². The molecule has 4 bridgehead atoms. The Morgan fingerprint density at radius 2 is 1.79 bits per heavy atom. The second-order valence-corrected chi connectivity index (χ2v) is 9.94. The third-order valence-electron chi connectivity index (χ3n) is 6.67. The van der Waals surface area contributed by atoms with E-state index in [1.54, 1.807) is 12.1 Å². The fraction of sp³-hybridized carbons (Fsp3) is 0.600. The third kappa shape index (κ3) is 3.06. The molecule has 4 fully saturated rings. The van der Waals surface area contributed by atoms with Crippen molar-refractivity contribution in [2.45, 2.75) is 50.2 Å². The van der Waals surface area contributed by atoms with Crippen molar-refractivity contribution in [3.63, 3.8) is 0 Å². The van der Waals surface area contributed by atoms with Crippen LogP contribution in [0.15, 0.2) is 18.2 Å². The molecule has 8 heteroatoms. The number of nitrogens with zero attached hydrogens (tertiary/aromatic N) is 2. The number of amides is 1. The van der Waals surface area contributed by atoms with Crippen LogP contribution in [0.5, 0.6) is 0 Å². The molecular formula is C20H22F3N3OS. The quantitative estimate of drug-likeness (QED) is 0.787. The van der Waals surface area contributed by atoms with Gasteiger partial charge in [0.2, 0.25) is 0 Å². The predicted molar refractivity (Wildman–Crippen MR) is 99.9 cm³/mol. The number of hydrogen-bond acceptors (Lipinski definition) is 3. The molecule has 0 aromatic carbocycles. The van der Waals surface area contributed by atoms with Crippen LogP contribution in [0.2, 0.25) is 0 Å². The summed E-state index contributed by atoms with van der Waals surface area (Å²) in [6.45, 7) is 0. The maximum absolute atomic E-state index is 12.9. The largest absolute Gasteiger partial charge is 0.435 e. The predicted octanol–water partition coefficient (Wildman–Crippen LogP) is 4.87. The van der Waals surface area contributed by atoms with Crippen LogP contribution >= 0.6 is 11.3 Å². The second-order valence-electron chi connectivity index (χ2n) is 8.85. The average molecular weight is 409 g/mol. The van der Waals surface area contributed by atoms with E-state index in [0.29, 0.717) is 15.4 Å². The minimum Gasteiger partial charge on any atom is -0.346 e. The molecule has 4 aliphatic carbocycles. The molecule has 0 atom stereocenters. The van der Waals surface area contributed by atoms with Gasteiger partial charge in [-0.25, -0.2) is 0 Å². The van der Waals surface area contributed by atoms with Gasteiger partial charge in [-0.2, -0.15) is 18.3 Å². The lowest BCUT2D eigenvalue weighted by molar-refractivity contribution is -0.141. The molecular weight excluding hydrogens is 387 g/mol. The Morgan fingerprint density at radius 3 is 2.32 bits per heavy atom. The number of hydrogen-bond donors (Lipinski definition) is 1. The van der Waals surface area contributed by atoms with Crippen LogP contribution in [-0.2, 0) is 13.2 Å². The zero-order valence-electron chi connectivity index (χ0n) is 15.6. The Hall–Kier alpha value is -1.83. The summed E-state index contributed by atoms with van der Waals surface area (Å²) in [5.74, 6) is 2.11. The molecule has 4 aliphatic rings. The van der Waals surface area contributed by atoms with Gasteiger partial charge in [0.1, 0.15) is 0 Å². The number of nitrogens with one attached hydrogen (secondary N) is 1. The van der Waals surface area contributed by atoms with Gasteiger partial charge < -0.3 is 5.32 Å². The summed E-state index contributed by atoms with van der Waals surface area (Å²) in [5, 5.41) is 6.88. The lowest BCUT2D eigenvalue weighted by Gasteiger charge is -2.56. The molecule has 6 rings (SSSR count). The van der Waals surface area contributed by atoms with Crippen molar-refractivity contribution >= 4 is 17.2 Å². The number of thiophene rings is 1. The molecule has 4 nitrogen and oxygen atoms in total. The van der Waals surface area contributed by atoms with Gasteiger partial charge in [0.25, 0.3) is 5.91 Å². The Bertz CT molecular complexity index is 894. The van der Waals surface area contributed by atoms with E-state index >= 15 is 0 Å². The SMILES string of the molecule is Cn1nc(C(F)(F)F)cc1-c1ccc(C(=O)NC23CC4CC(CC(C4)C2)C3)s1. The molecule has 0 unspecified atom stereocenters. The summed E-state index contributed by atoms with van der Waals surface area (Å²) in [4.78, 5) is 14.1. The number of aryl methyl sites for hydroxylation is 1. The van der Waals surface area contributed by atoms with E-state index in [1.165, 1.54) is 42.3 Å². The zero-order chi connectivity index (χ0) is 19.7. The Morgan fingerprint density at radius 1 is 1.18 bits per heavy atom. The fourth-order valence-corrected chi connectivity index (χ4v) is 6.95. The summed E-state index contributed by atoms with van der Waals surface area (Å²) in [7, 11) is 1.49. The number of carbonyl (C=O) groups excluding carboxylic acids is 1. The highest BCUT2D eigenvalue weighted by molar-refractivity contribution is 7.17. The van der Waals surface area contributed by atoms with Crippen LogP contribution in [0, 0.1) is 17.8 Å². The van der Waals surface area contributed by atoms with Gasteiger partial charge in [0.15, 0.2) is 5.69 Å². The molecule has 1 amide bonds. The smallest absolute Gasteiger partial charge is 0.346 e. The summed E-state index contributed by atoms with van der Waals surface area (Å²) in [6, 6.07) is 4.44. The molecule has 0 aliphatic heterocycles. The monoisotopic (exact) mass is 409 g/mol. The van der Waals surface area contributed by atoms with Crippen LogP contribution in [0.4, 0.5) is 13.2 Å². The first kappa shape index (κ1) is 18.2. The number of carbonyl (C=O) groups is 1. The standard InChI is InChI=1S/C20H22F3N3OS/c1-26-14(7-17(25-26)20(21,22)23)15-2-3-16(28-15)18(27)24-19-8-11-4-12(9-19)6-13(5-11)10-19/h2-3,7,11-13H,4-6,8-10H2,1H3,(H,24,27). The highest BCUT2D eigenvalue weighted by Crippen LogP contribution is 2.55. The van der Waals surface area contributed by atoms with E-state index in [1.807, 2.05) is 0 Å². The van der Waals surface area contributed by atoms with Crippen molar-refractivity contribution in [1.29, 1.82) is 0 Å². The Kier molecular flexibility index (Phi) is 3.96. The van der Waals surface area contributed by atoms with Crippen molar-refractivity contribution < 1.29 is 18.0 Å². The molecule has 0 saturated heterocycles. The molecule has 150 valence electrons. The van der Waals surface area contributed by atoms with Crippen molar-refractivity contribution in [3.8, 4) is 10.6 Å². The molecule has 2 aromatic rings. The number of halogens is 3. The minimum atomic E-state index is -4.48. The van der Waals surface area contributed by atoms with Crippen molar-refractivity contribution in [1.82, 2.24) is 15.1 Å². The van der Waals surface area contributed by atoms with Crippen LogP contribution in [-0.4, -0.2) is 21.2 Å². The number of alkyl halides is 3. The van der Waals surface area contributed by atoms with Crippen molar-refractivity contribution in [3.05, 3.63) is 28.8 Å². The van der Waals surface area contributed by atoms with E-state index in [0.717, 1.165) is 43.1 Å². The maximum Gasteiger partial charge on any atom is 0.435 e. The molecule has 28 heavy (non-hydrogen) atoms. The van der Waals surface area contributed by atoms with E-state index in [-0.39, 0.29) is 11.4 Å². The lowest BCUT2D eigenvalue weighted by Crippen LogP contribution is -2.59. The summed E-state index contributed by atoms with van der Waals surface area (Å²) < 4.78 is 39.9. The molecule has 0 spiro atoms. The van der Waals surface area contributed by atoms with Gasteiger partial charge in [-0.1, -0.05) is 0 Å². The zero-order valence-corrected chi connectivity index (χ0v) is 16.4. The first-order valence-corrected chi connectivity index (χ1v) is 10.6. The van der Waals surface area contributed by atoms with Gasteiger partial charge in [0.05, 0.1) is 15.4 Å². The maximum atomic E-state index is 12.9. The number of rotatable bonds is 3. The highest BCUT2D eigenvalue weighted by Gasteiger charge is 2.51.